The van der Waals surface area contributed by atoms with Crippen LogP contribution in [-0.4, -0.2) is 5.11 Å². The van der Waals surface area contributed by atoms with Crippen LogP contribution in [-0.2, 0) is 6.42 Å². The van der Waals surface area contributed by atoms with E-state index >= 15 is 0 Å². The van der Waals surface area contributed by atoms with Gasteiger partial charge in [0.05, 0.1) is 3.79 Å². The molecule has 1 unspecified atom stereocenters. The van der Waals surface area contributed by atoms with Crippen molar-refractivity contribution in [2.24, 2.45) is 0 Å². The summed E-state index contributed by atoms with van der Waals surface area (Å²) in [5.74, 6) is 0. The average Bonchev–Trinajstić information content (AvgIpc) is 2.95. The van der Waals surface area contributed by atoms with Gasteiger partial charge in [0.2, 0.25) is 0 Å². The van der Waals surface area contributed by atoms with E-state index in [1.165, 1.54) is 11.1 Å². The lowest BCUT2D eigenvalue weighted by atomic mass is 10.00. The van der Waals surface area contributed by atoms with Gasteiger partial charge in [-0.3, -0.25) is 0 Å². The standard InChI is InChI=1S/C18H15BrOS/c19-17-11-16(12-21-17)18(20)15-8-6-14(7-9-15)10-13-4-2-1-3-5-13/h1-9,11-12,18,20H,10H2. The summed E-state index contributed by atoms with van der Waals surface area (Å²) >= 11 is 5.02. The normalized spacial score (nSPS) is 12.3. The molecule has 0 aliphatic carbocycles. The molecule has 0 aliphatic rings. The minimum atomic E-state index is -0.557. The Hall–Kier alpha value is -1.42. The lowest BCUT2D eigenvalue weighted by Gasteiger charge is -2.10. The van der Waals surface area contributed by atoms with Crippen molar-refractivity contribution < 1.29 is 5.11 Å². The lowest BCUT2D eigenvalue weighted by Crippen LogP contribution is -1.98. The number of hydrogen-bond acceptors (Lipinski definition) is 2. The van der Waals surface area contributed by atoms with Gasteiger partial charge in [0, 0.05) is 0 Å². The van der Waals surface area contributed by atoms with E-state index in [-0.39, 0.29) is 0 Å². The first-order valence-electron chi connectivity index (χ1n) is 6.77. The molecule has 0 amide bonds. The molecule has 0 saturated carbocycles. The van der Waals surface area contributed by atoms with E-state index in [9.17, 15) is 5.11 Å². The van der Waals surface area contributed by atoms with E-state index in [0.29, 0.717) is 0 Å². The molecule has 1 atom stereocenters. The monoisotopic (exact) mass is 358 g/mol. The number of aliphatic hydroxyl groups excluding tert-OH is 1. The number of thiophene rings is 1. The Morgan fingerprint density at radius 2 is 1.57 bits per heavy atom. The highest BCUT2D eigenvalue weighted by Crippen LogP contribution is 2.29. The van der Waals surface area contributed by atoms with Gasteiger partial charge in [-0.25, -0.2) is 0 Å². The summed E-state index contributed by atoms with van der Waals surface area (Å²) in [5.41, 5.74) is 4.41. The van der Waals surface area contributed by atoms with Gasteiger partial charge in [-0.2, -0.15) is 0 Å². The van der Waals surface area contributed by atoms with Crippen LogP contribution >= 0.6 is 27.3 Å². The maximum Gasteiger partial charge on any atom is 0.105 e. The van der Waals surface area contributed by atoms with Crippen LogP contribution in [0.4, 0.5) is 0 Å². The van der Waals surface area contributed by atoms with Crippen LogP contribution in [0.25, 0.3) is 0 Å². The third-order valence-corrected chi connectivity index (χ3v) is 4.97. The second kappa shape index (κ2) is 6.56. The maximum atomic E-state index is 10.4. The molecule has 0 bridgehead atoms. The topological polar surface area (TPSA) is 20.2 Å². The van der Waals surface area contributed by atoms with Crippen LogP contribution in [0.1, 0.15) is 28.4 Å². The van der Waals surface area contributed by atoms with Crippen molar-refractivity contribution in [3.8, 4) is 0 Å². The molecule has 0 radical (unpaired) electrons. The smallest absolute Gasteiger partial charge is 0.105 e. The predicted octanol–water partition coefficient (Wildman–Crippen LogP) is 5.18. The lowest BCUT2D eigenvalue weighted by molar-refractivity contribution is 0.221. The van der Waals surface area contributed by atoms with Crippen molar-refractivity contribution in [1.82, 2.24) is 0 Å². The average molecular weight is 359 g/mol. The molecule has 0 aliphatic heterocycles. The molecule has 0 saturated heterocycles. The fraction of sp³-hybridized carbons (Fsp3) is 0.111. The zero-order chi connectivity index (χ0) is 14.7. The van der Waals surface area contributed by atoms with E-state index < -0.39 is 6.10 Å². The minimum Gasteiger partial charge on any atom is -0.384 e. The van der Waals surface area contributed by atoms with E-state index in [1.54, 1.807) is 11.3 Å². The second-order valence-corrected chi connectivity index (χ2v) is 7.28. The van der Waals surface area contributed by atoms with Gasteiger partial charge in [0.1, 0.15) is 6.10 Å². The molecular formula is C18H15BrOS. The number of aliphatic hydroxyl groups is 1. The zero-order valence-corrected chi connectivity index (χ0v) is 13.8. The van der Waals surface area contributed by atoms with E-state index in [2.05, 4.69) is 52.3 Å². The summed E-state index contributed by atoms with van der Waals surface area (Å²) in [6.45, 7) is 0. The SMILES string of the molecule is OC(c1ccc(Cc2ccccc2)cc1)c1csc(Br)c1. The number of halogens is 1. The molecular weight excluding hydrogens is 344 g/mol. The Balaban J connectivity index is 1.75. The maximum absolute atomic E-state index is 10.4. The van der Waals surface area contributed by atoms with Crippen LogP contribution in [0.2, 0.25) is 0 Å². The Morgan fingerprint density at radius 3 is 2.19 bits per heavy atom. The Kier molecular flexibility index (Phi) is 4.54. The molecule has 0 spiro atoms. The third-order valence-electron chi connectivity index (χ3n) is 3.45. The van der Waals surface area contributed by atoms with E-state index in [4.69, 9.17) is 0 Å². The first-order chi connectivity index (χ1) is 10.2. The van der Waals surface area contributed by atoms with Crippen LogP contribution in [0.5, 0.6) is 0 Å². The highest BCUT2D eigenvalue weighted by molar-refractivity contribution is 9.11. The van der Waals surface area contributed by atoms with Crippen molar-refractivity contribution in [2.75, 3.05) is 0 Å². The largest absolute Gasteiger partial charge is 0.384 e. The summed E-state index contributed by atoms with van der Waals surface area (Å²) in [6, 6.07) is 20.6. The summed E-state index contributed by atoms with van der Waals surface area (Å²) in [6.07, 6.45) is 0.361. The van der Waals surface area contributed by atoms with Crippen molar-refractivity contribution in [1.29, 1.82) is 0 Å². The van der Waals surface area contributed by atoms with Crippen molar-refractivity contribution in [2.45, 2.75) is 12.5 Å². The first kappa shape index (κ1) is 14.5. The highest BCUT2D eigenvalue weighted by Gasteiger charge is 2.12. The molecule has 1 N–H and O–H groups in total. The van der Waals surface area contributed by atoms with Gasteiger partial charge < -0.3 is 5.11 Å². The molecule has 1 aromatic heterocycles. The molecule has 21 heavy (non-hydrogen) atoms. The molecule has 0 fully saturated rings. The molecule has 2 aromatic carbocycles. The van der Waals surface area contributed by atoms with Gasteiger partial charge in [-0.1, -0.05) is 54.6 Å². The Bertz CT molecular complexity index is 704. The molecule has 3 heteroatoms. The van der Waals surface area contributed by atoms with Crippen molar-refractivity contribution in [3.05, 3.63) is 92.1 Å². The summed E-state index contributed by atoms with van der Waals surface area (Å²) in [7, 11) is 0. The van der Waals surface area contributed by atoms with E-state index in [1.807, 2.05) is 29.6 Å². The van der Waals surface area contributed by atoms with Gasteiger partial charge in [-0.15, -0.1) is 11.3 Å². The molecule has 1 heterocycles. The second-order valence-electron chi connectivity index (χ2n) is 4.99. The van der Waals surface area contributed by atoms with Crippen LogP contribution in [0.3, 0.4) is 0 Å². The van der Waals surface area contributed by atoms with Gasteiger partial charge in [0.15, 0.2) is 0 Å². The van der Waals surface area contributed by atoms with Gasteiger partial charge >= 0.3 is 0 Å². The van der Waals surface area contributed by atoms with E-state index in [0.717, 1.165) is 21.3 Å². The molecule has 1 nitrogen and oxygen atoms in total. The number of hydrogen-bond donors (Lipinski definition) is 1. The first-order valence-corrected chi connectivity index (χ1v) is 8.44. The molecule has 3 rings (SSSR count). The fourth-order valence-electron chi connectivity index (χ4n) is 2.31. The van der Waals surface area contributed by atoms with Gasteiger partial charge in [0.25, 0.3) is 0 Å². The summed E-state index contributed by atoms with van der Waals surface area (Å²) in [4.78, 5) is 0. The Morgan fingerprint density at radius 1 is 0.905 bits per heavy atom. The quantitative estimate of drug-likeness (QED) is 0.680. The van der Waals surface area contributed by atoms with Gasteiger partial charge in [-0.05, 0) is 56.1 Å². The van der Waals surface area contributed by atoms with Crippen LogP contribution in [0, 0.1) is 0 Å². The molecule has 3 aromatic rings. The summed E-state index contributed by atoms with van der Waals surface area (Å²) < 4.78 is 1.04. The summed E-state index contributed by atoms with van der Waals surface area (Å²) in [5, 5.41) is 12.4. The number of rotatable bonds is 4. The van der Waals surface area contributed by atoms with Crippen molar-refractivity contribution in [3.63, 3.8) is 0 Å². The zero-order valence-electron chi connectivity index (χ0n) is 11.4. The van der Waals surface area contributed by atoms with Crippen LogP contribution in [0.15, 0.2) is 69.8 Å². The van der Waals surface area contributed by atoms with Crippen LogP contribution < -0.4 is 0 Å². The third kappa shape index (κ3) is 3.62. The number of benzene rings is 2. The fourth-order valence-corrected chi connectivity index (χ4v) is 3.50. The minimum absolute atomic E-state index is 0.557. The predicted molar refractivity (Wildman–Crippen MR) is 91.8 cm³/mol. The Labute approximate surface area is 137 Å². The van der Waals surface area contributed by atoms with Crippen molar-refractivity contribution >= 4 is 27.3 Å². The highest BCUT2D eigenvalue weighted by atomic mass is 79.9. The molecule has 106 valence electrons.